The molecule has 2 unspecified atom stereocenters. The monoisotopic (exact) mass is 268 g/mol. The van der Waals surface area contributed by atoms with Crippen LogP contribution in [-0.4, -0.2) is 22.2 Å². The molecule has 0 fully saturated rings. The largest absolute Gasteiger partial charge is 0.416 e. The molecule has 0 aliphatic heterocycles. The van der Waals surface area contributed by atoms with Crippen LogP contribution in [0.2, 0.25) is 0 Å². The fraction of sp³-hybridized carbons (Fsp3) is 0.455. The van der Waals surface area contributed by atoms with E-state index in [0.717, 1.165) is 6.07 Å². The van der Waals surface area contributed by atoms with E-state index in [1.54, 1.807) is 0 Å². The summed E-state index contributed by atoms with van der Waals surface area (Å²) in [4.78, 5) is 0. The van der Waals surface area contributed by atoms with E-state index in [9.17, 15) is 23.4 Å². The molecule has 2 N–H and O–H groups in total. The topological polar surface area (TPSA) is 40.5 Å². The van der Waals surface area contributed by atoms with Crippen molar-refractivity contribution in [3.8, 4) is 0 Å². The average Bonchev–Trinajstić information content (AvgIpc) is 2.25. The Kier molecular flexibility index (Phi) is 4.41. The van der Waals surface area contributed by atoms with Crippen LogP contribution in [0.15, 0.2) is 18.2 Å². The van der Waals surface area contributed by atoms with E-state index in [4.69, 9.17) is 11.6 Å². The second-order valence-corrected chi connectivity index (χ2v) is 3.99. The zero-order chi connectivity index (χ0) is 13.2. The fourth-order valence-corrected chi connectivity index (χ4v) is 1.74. The molecule has 0 saturated carbocycles. The Morgan fingerprint density at radius 1 is 1.29 bits per heavy atom. The van der Waals surface area contributed by atoms with Crippen LogP contribution >= 0.6 is 11.6 Å². The van der Waals surface area contributed by atoms with E-state index < -0.39 is 23.9 Å². The maximum atomic E-state index is 12.6. The van der Waals surface area contributed by atoms with Crippen molar-refractivity contribution in [2.45, 2.75) is 25.3 Å². The summed E-state index contributed by atoms with van der Waals surface area (Å²) in [6.07, 6.45) is -7.19. The first-order valence-corrected chi connectivity index (χ1v) is 5.41. The lowest BCUT2D eigenvalue weighted by atomic mass is 9.96. The molecule has 0 heterocycles. The van der Waals surface area contributed by atoms with Crippen LogP contribution in [0.3, 0.4) is 0 Å². The summed E-state index contributed by atoms with van der Waals surface area (Å²) < 4.78 is 37.8. The molecule has 0 saturated heterocycles. The highest BCUT2D eigenvalue weighted by Crippen LogP contribution is 2.35. The summed E-state index contributed by atoms with van der Waals surface area (Å²) in [5, 5.41) is 19.0. The number of halogens is 4. The van der Waals surface area contributed by atoms with E-state index in [-0.39, 0.29) is 17.0 Å². The molecule has 2 atom stereocenters. The average molecular weight is 269 g/mol. The van der Waals surface area contributed by atoms with Gasteiger partial charge in [-0.15, -0.1) is 11.6 Å². The van der Waals surface area contributed by atoms with Crippen LogP contribution in [0.5, 0.6) is 0 Å². The second kappa shape index (κ2) is 5.25. The van der Waals surface area contributed by atoms with Gasteiger partial charge in [0.1, 0.15) is 6.10 Å². The van der Waals surface area contributed by atoms with Crippen LogP contribution in [-0.2, 0) is 6.18 Å². The lowest BCUT2D eigenvalue weighted by Crippen LogP contribution is -2.21. The van der Waals surface area contributed by atoms with Crippen molar-refractivity contribution >= 4 is 11.6 Å². The van der Waals surface area contributed by atoms with Gasteiger partial charge >= 0.3 is 6.18 Å². The highest BCUT2D eigenvalue weighted by molar-refractivity contribution is 6.18. The summed E-state index contributed by atoms with van der Waals surface area (Å²) in [6.45, 7) is 1.25. The van der Waals surface area contributed by atoms with E-state index in [2.05, 4.69) is 0 Å². The number of aliphatic hydroxyl groups is 2. The van der Waals surface area contributed by atoms with E-state index in [0.29, 0.717) is 0 Å². The summed E-state index contributed by atoms with van der Waals surface area (Å²) in [5.41, 5.74) is -0.888. The molecule has 0 radical (unpaired) electrons. The lowest BCUT2D eigenvalue weighted by molar-refractivity contribution is -0.138. The van der Waals surface area contributed by atoms with E-state index >= 15 is 0 Å². The van der Waals surface area contributed by atoms with Gasteiger partial charge in [-0.2, -0.15) is 13.2 Å². The van der Waals surface area contributed by atoms with Crippen LogP contribution in [0.25, 0.3) is 0 Å². The molecule has 0 aliphatic rings. The molecule has 6 heteroatoms. The van der Waals surface area contributed by atoms with E-state index in [1.807, 2.05) is 0 Å². The van der Waals surface area contributed by atoms with Gasteiger partial charge in [0.25, 0.3) is 0 Å². The third-order valence-corrected chi connectivity index (χ3v) is 2.84. The Labute approximate surface area is 102 Å². The highest BCUT2D eigenvalue weighted by Gasteiger charge is 2.34. The molecule has 96 valence electrons. The van der Waals surface area contributed by atoms with Crippen molar-refractivity contribution in [1.82, 2.24) is 0 Å². The highest BCUT2D eigenvalue weighted by atomic mass is 35.5. The predicted molar refractivity (Wildman–Crippen MR) is 57.9 cm³/mol. The van der Waals surface area contributed by atoms with Crippen LogP contribution in [0.4, 0.5) is 13.2 Å². The fourth-order valence-electron chi connectivity index (χ4n) is 1.57. The number of alkyl halides is 4. The Morgan fingerprint density at radius 3 is 2.35 bits per heavy atom. The van der Waals surface area contributed by atoms with Crippen molar-refractivity contribution in [3.63, 3.8) is 0 Å². The van der Waals surface area contributed by atoms with Crippen molar-refractivity contribution in [3.05, 3.63) is 34.9 Å². The number of rotatable bonds is 3. The third kappa shape index (κ3) is 3.12. The molecule has 0 aliphatic carbocycles. The third-order valence-electron chi connectivity index (χ3n) is 2.52. The van der Waals surface area contributed by atoms with Gasteiger partial charge in [-0.25, -0.2) is 0 Å². The SMILES string of the molecule is Cc1c(C(O)C(O)CCl)cccc1C(F)(F)F. The van der Waals surface area contributed by atoms with E-state index in [1.165, 1.54) is 19.1 Å². The van der Waals surface area contributed by atoms with Crippen LogP contribution in [0.1, 0.15) is 22.8 Å². The molecule has 1 aromatic carbocycles. The van der Waals surface area contributed by atoms with Gasteiger partial charge < -0.3 is 10.2 Å². The molecular weight excluding hydrogens is 257 g/mol. The van der Waals surface area contributed by atoms with Gasteiger partial charge in [-0.05, 0) is 24.1 Å². The van der Waals surface area contributed by atoms with Crippen molar-refractivity contribution < 1.29 is 23.4 Å². The summed E-state index contributed by atoms with van der Waals surface area (Å²) in [7, 11) is 0. The predicted octanol–water partition coefficient (Wildman–Crippen LogP) is 2.65. The first kappa shape index (κ1) is 14.3. The zero-order valence-electron chi connectivity index (χ0n) is 9.00. The molecule has 0 spiro atoms. The van der Waals surface area contributed by atoms with Crippen LogP contribution < -0.4 is 0 Å². The Hall–Kier alpha value is -0.780. The normalized spacial score (nSPS) is 15.7. The zero-order valence-corrected chi connectivity index (χ0v) is 9.76. The minimum absolute atomic E-state index is 0.0352. The summed E-state index contributed by atoms with van der Waals surface area (Å²) in [6, 6.07) is 3.46. The molecule has 1 rings (SSSR count). The van der Waals surface area contributed by atoms with Gasteiger partial charge in [-0.3, -0.25) is 0 Å². The molecule has 0 bridgehead atoms. The van der Waals surface area contributed by atoms with Gasteiger partial charge in [0.2, 0.25) is 0 Å². The maximum absolute atomic E-state index is 12.6. The molecule has 1 aromatic rings. The first-order valence-electron chi connectivity index (χ1n) is 4.87. The quantitative estimate of drug-likeness (QED) is 0.828. The van der Waals surface area contributed by atoms with Crippen molar-refractivity contribution in [2.24, 2.45) is 0 Å². The smallest absolute Gasteiger partial charge is 0.389 e. The minimum atomic E-state index is -4.48. The van der Waals surface area contributed by atoms with Gasteiger partial charge in [-0.1, -0.05) is 12.1 Å². The van der Waals surface area contributed by atoms with Gasteiger partial charge in [0.05, 0.1) is 17.5 Å². The van der Waals surface area contributed by atoms with Crippen molar-refractivity contribution in [1.29, 1.82) is 0 Å². The maximum Gasteiger partial charge on any atom is 0.416 e. The Balaban J connectivity index is 3.19. The number of hydrogen-bond acceptors (Lipinski definition) is 2. The van der Waals surface area contributed by atoms with Gasteiger partial charge in [0.15, 0.2) is 0 Å². The minimum Gasteiger partial charge on any atom is -0.389 e. The molecule has 0 amide bonds. The molecular formula is C11H12ClF3O2. The summed E-state index contributed by atoms with van der Waals surface area (Å²) in [5.74, 6) is -0.253. The van der Waals surface area contributed by atoms with Crippen molar-refractivity contribution in [2.75, 3.05) is 5.88 Å². The lowest BCUT2D eigenvalue weighted by Gasteiger charge is -2.20. The molecule has 0 aromatic heterocycles. The second-order valence-electron chi connectivity index (χ2n) is 3.68. The Morgan fingerprint density at radius 2 is 1.88 bits per heavy atom. The molecule has 17 heavy (non-hydrogen) atoms. The van der Waals surface area contributed by atoms with Crippen LogP contribution in [0, 0.1) is 6.92 Å². The number of hydrogen-bond donors (Lipinski definition) is 2. The first-order chi connectivity index (χ1) is 7.79. The number of aliphatic hydroxyl groups excluding tert-OH is 2. The van der Waals surface area contributed by atoms with Gasteiger partial charge in [0, 0.05) is 0 Å². The standard InChI is InChI=1S/C11H12ClF3O2/c1-6-7(10(17)9(16)5-12)3-2-4-8(6)11(13,14)15/h2-4,9-10,16-17H,5H2,1H3. The Bertz CT molecular complexity index is 393. The summed E-state index contributed by atoms with van der Waals surface area (Å²) >= 11 is 5.35. The molecule has 2 nitrogen and oxygen atoms in total. The number of benzene rings is 1.